The predicted molar refractivity (Wildman–Crippen MR) is 71.3 cm³/mol. The van der Waals surface area contributed by atoms with E-state index in [1.54, 1.807) is 12.1 Å². The van der Waals surface area contributed by atoms with Gasteiger partial charge in [-0.25, -0.2) is 4.98 Å². The van der Waals surface area contributed by atoms with Crippen molar-refractivity contribution in [2.75, 3.05) is 13.1 Å². The number of nitrogens with zero attached hydrogens (tertiary/aromatic N) is 2. The highest BCUT2D eigenvalue weighted by Crippen LogP contribution is 2.23. The molecule has 3 nitrogen and oxygen atoms in total. The van der Waals surface area contributed by atoms with Gasteiger partial charge in [-0.15, -0.1) is 0 Å². The van der Waals surface area contributed by atoms with Crippen LogP contribution in [0.2, 0.25) is 10.2 Å². The number of halogens is 2. The van der Waals surface area contributed by atoms with E-state index in [0.717, 1.165) is 31.7 Å². The van der Waals surface area contributed by atoms with Crippen LogP contribution in [0.15, 0.2) is 12.1 Å². The third kappa shape index (κ3) is 3.32. The molecule has 0 saturated carbocycles. The van der Waals surface area contributed by atoms with Crippen LogP contribution in [0.4, 0.5) is 0 Å². The fourth-order valence-electron chi connectivity index (χ4n) is 2.22. The van der Waals surface area contributed by atoms with Crippen molar-refractivity contribution >= 4 is 23.2 Å². The Morgan fingerprint density at radius 1 is 1.53 bits per heavy atom. The van der Waals surface area contributed by atoms with Crippen LogP contribution in [-0.2, 0) is 6.54 Å². The van der Waals surface area contributed by atoms with Gasteiger partial charge in [0.1, 0.15) is 5.15 Å². The molecule has 0 bridgehead atoms. The minimum absolute atomic E-state index is 0.253. The number of aromatic nitrogens is 1. The van der Waals surface area contributed by atoms with E-state index in [4.69, 9.17) is 28.9 Å². The lowest BCUT2D eigenvalue weighted by Gasteiger charge is -2.17. The summed E-state index contributed by atoms with van der Waals surface area (Å²) in [4.78, 5) is 6.60. The Bertz CT molecular complexity index is 395. The Morgan fingerprint density at radius 3 is 2.94 bits per heavy atom. The van der Waals surface area contributed by atoms with Gasteiger partial charge in [-0.2, -0.15) is 0 Å². The van der Waals surface area contributed by atoms with Crippen molar-refractivity contribution in [1.29, 1.82) is 0 Å². The molecule has 1 saturated heterocycles. The van der Waals surface area contributed by atoms with Crippen molar-refractivity contribution in [2.45, 2.75) is 25.9 Å². The van der Waals surface area contributed by atoms with Gasteiger partial charge in [0.05, 0.1) is 10.7 Å². The second-order valence-corrected chi connectivity index (χ2v) is 5.50. The van der Waals surface area contributed by atoms with Gasteiger partial charge in [-0.1, -0.05) is 23.2 Å². The van der Waals surface area contributed by atoms with Gasteiger partial charge < -0.3 is 5.73 Å². The molecule has 0 radical (unpaired) electrons. The molecule has 1 aromatic heterocycles. The molecule has 0 amide bonds. The Kier molecular flexibility index (Phi) is 4.26. The van der Waals surface area contributed by atoms with Crippen molar-refractivity contribution in [3.8, 4) is 0 Å². The van der Waals surface area contributed by atoms with Crippen LogP contribution in [0.25, 0.3) is 0 Å². The first-order valence-electron chi connectivity index (χ1n) is 5.85. The molecule has 0 spiro atoms. The standard InChI is InChI=1S/C12H17Cl2N3/c1-8(15)9-4-5-17(6-9)7-11-10(13)2-3-12(14)16-11/h2-3,8-9H,4-7,15H2,1H3. The first kappa shape index (κ1) is 13.1. The van der Waals surface area contributed by atoms with Gasteiger partial charge in [0.2, 0.25) is 0 Å². The van der Waals surface area contributed by atoms with E-state index in [1.807, 2.05) is 0 Å². The lowest BCUT2D eigenvalue weighted by atomic mass is 10.0. The zero-order chi connectivity index (χ0) is 12.4. The highest BCUT2D eigenvalue weighted by atomic mass is 35.5. The van der Waals surface area contributed by atoms with Crippen LogP contribution in [-0.4, -0.2) is 29.0 Å². The molecule has 2 atom stereocenters. The van der Waals surface area contributed by atoms with Crippen molar-refractivity contribution in [3.05, 3.63) is 28.0 Å². The van der Waals surface area contributed by atoms with E-state index in [-0.39, 0.29) is 6.04 Å². The van der Waals surface area contributed by atoms with Gasteiger partial charge in [-0.3, -0.25) is 4.90 Å². The minimum atomic E-state index is 0.253. The van der Waals surface area contributed by atoms with Crippen LogP contribution in [0.1, 0.15) is 19.0 Å². The SMILES string of the molecule is CC(N)C1CCN(Cc2nc(Cl)ccc2Cl)C1. The quantitative estimate of drug-likeness (QED) is 0.861. The zero-order valence-corrected chi connectivity index (χ0v) is 11.4. The van der Waals surface area contributed by atoms with Crippen LogP contribution >= 0.6 is 23.2 Å². The summed E-state index contributed by atoms with van der Waals surface area (Å²) in [6.45, 7) is 4.89. The number of rotatable bonds is 3. The summed E-state index contributed by atoms with van der Waals surface area (Å²) in [6.07, 6.45) is 1.15. The summed E-state index contributed by atoms with van der Waals surface area (Å²) < 4.78 is 0. The minimum Gasteiger partial charge on any atom is -0.328 e. The molecule has 17 heavy (non-hydrogen) atoms. The third-order valence-corrected chi connectivity index (χ3v) is 3.87. The van der Waals surface area contributed by atoms with Crippen molar-refractivity contribution in [1.82, 2.24) is 9.88 Å². The van der Waals surface area contributed by atoms with Crippen LogP contribution < -0.4 is 5.73 Å². The van der Waals surface area contributed by atoms with E-state index in [0.29, 0.717) is 16.1 Å². The number of pyridine rings is 1. The van der Waals surface area contributed by atoms with Crippen molar-refractivity contribution < 1.29 is 0 Å². The molecule has 1 aromatic rings. The second kappa shape index (κ2) is 5.53. The molecule has 2 rings (SSSR count). The topological polar surface area (TPSA) is 42.1 Å². The van der Waals surface area contributed by atoms with E-state index < -0.39 is 0 Å². The molecule has 5 heteroatoms. The number of likely N-dealkylation sites (tertiary alicyclic amines) is 1. The maximum absolute atomic E-state index is 6.10. The number of hydrogen-bond acceptors (Lipinski definition) is 3. The Hall–Kier alpha value is -0.350. The summed E-state index contributed by atoms with van der Waals surface area (Å²) in [5, 5.41) is 1.17. The van der Waals surface area contributed by atoms with E-state index in [9.17, 15) is 0 Å². The van der Waals surface area contributed by atoms with Gasteiger partial charge in [0, 0.05) is 19.1 Å². The van der Waals surface area contributed by atoms with Crippen LogP contribution in [0.3, 0.4) is 0 Å². The van der Waals surface area contributed by atoms with Gasteiger partial charge in [0.15, 0.2) is 0 Å². The van der Waals surface area contributed by atoms with Crippen molar-refractivity contribution in [2.24, 2.45) is 11.7 Å². The third-order valence-electron chi connectivity index (χ3n) is 3.31. The summed E-state index contributed by atoms with van der Waals surface area (Å²) in [5.74, 6) is 0.577. The smallest absolute Gasteiger partial charge is 0.129 e. The Morgan fingerprint density at radius 2 is 2.29 bits per heavy atom. The average Bonchev–Trinajstić information content (AvgIpc) is 2.72. The highest BCUT2D eigenvalue weighted by molar-refractivity contribution is 6.32. The first-order valence-corrected chi connectivity index (χ1v) is 6.60. The van der Waals surface area contributed by atoms with Crippen LogP contribution in [0, 0.1) is 5.92 Å². The largest absolute Gasteiger partial charge is 0.328 e. The molecule has 2 unspecified atom stereocenters. The number of nitrogens with two attached hydrogens (primary N) is 1. The molecular formula is C12H17Cl2N3. The summed E-state index contributed by atoms with van der Waals surface area (Å²) >= 11 is 12.0. The average molecular weight is 274 g/mol. The Labute approximate surface area is 112 Å². The molecular weight excluding hydrogens is 257 g/mol. The fourth-order valence-corrected chi connectivity index (χ4v) is 2.55. The van der Waals surface area contributed by atoms with Gasteiger partial charge >= 0.3 is 0 Å². The molecule has 94 valence electrons. The lowest BCUT2D eigenvalue weighted by molar-refractivity contribution is 0.305. The van der Waals surface area contributed by atoms with E-state index >= 15 is 0 Å². The normalized spacial score (nSPS) is 22.9. The fraction of sp³-hybridized carbons (Fsp3) is 0.583. The maximum Gasteiger partial charge on any atom is 0.129 e. The van der Waals surface area contributed by atoms with Gasteiger partial charge in [0.25, 0.3) is 0 Å². The molecule has 2 heterocycles. The molecule has 1 fully saturated rings. The summed E-state index contributed by atoms with van der Waals surface area (Å²) in [5.41, 5.74) is 6.77. The molecule has 1 aliphatic heterocycles. The Balaban J connectivity index is 2.00. The summed E-state index contributed by atoms with van der Waals surface area (Å²) in [7, 11) is 0. The highest BCUT2D eigenvalue weighted by Gasteiger charge is 2.25. The molecule has 1 aliphatic rings. The predicted octanol–water partition coefficient (Wildman–Crippen LogP) is 2.56. The van der Waals surface area contributed by atoms with E-state index in [2.05, 4.69) is 16.8 Å². The second-order valence-electron chi connectivity index (χ2n) is 4.71. The molecule has 2 N–H and O–H groups in total. The summed E-state index contributed by atoms with van der Waals surface area (Å²) in [6, 6.07) is 3.76. The van der Waals surface area contributed by atoms with Crippen LogP contribution in [0.5, 0.6) is 0 Å². The van der Waals surface area contributed by atoms with Crippen molar-refractivity contribution in [3.63, 3.8) is 0 Å². The molecule has 0 aromatic carbocycles. The monoisotopic (exact) mass is 273 g/mol. The van der Waals surface area contributed by atoms with E-state index in [1.165, 1.54) is 0 Å². The number of hydrogen-bond donors (Lipinski definition) is 1. The lowest BCUT2D eigenvalue weighted by Crippen LogP contribution is -2.29. The first-order chi connectivity index (χ1) is 8.06. The zero-order valence-electron chi connectivity index (χ0n) is 9.87. The molecule has 0 aliphatic carbocycles. The maximum atomic E-state index is 6.10. The van der Waals surface area contributed by atoms with Gasteiger partial charge in [-0.05, 0) is 37.9 Å².